The predicted octanol–water partition coefficient (Wildman–Crippen LogP) is 0.497. The first-order chi connectivity index (χ1) is 7.79. The molecule has 1 aromatic rings. The molecule has 0 atom stereocenters. The number of nitrogens with two attached hydrogens (primary N) is 1. The van der Waals surface area contributed by atoms with E-state index in [9.17, 15) is 17.6 Å². The van der Waals surface area contributed by atoms with Crippen LogP contribution in [0.2, 0.25) is 5.02 Å². The van der Waals surface area contributed by atoms with Crippen molar-refractivity contribution in [3.63, 3.8) is 0 Å². The highest BCUT2D eigenvalue weighted by molar-refractivity contribution is 7.89. The molecule has 1 amide bonds. The van der Waals surface area contributed by atoms with E-state index in [1.807, 2.05) is 0 Å². The number of halogens is 2. The van der Waals surface area contributed by atoms with E-state index in [4.69, 9.17) is 16.7 Å². The summed E-state index contributed by atoms with van der Waals surface area (Å²) in [6.07, 6.45) is 0. The lowest BCUT2D eigenvalue weighted by molar-refractivity contribution is 0.0956. The van der Waals surface area contributed by atoms with Gasteiger partial charge in [-0.2, -0.15) is 0 Å². The Morgan fingerprint density at radius 1 is 1.47 bits per heavy atom. The van der Waals surface area contributed by atoms with Gasteiger partial charge in [-0.25, -0.2) is 17.9 Å². The lowest BCUT2D eigenvalue weighted by Gasteiger charge is -2.05. The largest absolute Gasteiger partial charge is 0.351 e. The summed E-state index contributed by atoms with van der Waals surface area (Å²) in [5.74, 6) is -1.52. The Kier molecular flexibility index (Phi) is 4.44. The van der Waals surface area contributed by atoms with Crippen LogP contribution in [-0.2, 0) is 10.0 Å². The molecular weight excluding hydrogens is 271 g/mol. The maximum Gasteiger partial charge on any atom is 0.252 e. The lowest BCUT2D eigenvalue weighted by Crippen LogP contribution is -2.31. The van der Waals surface area contributed by atoms with Crippen LogP contribution < -0.4 is 10.5 Å². The number of benzene rings is 1. The second kappa shape index (κ2) is 5.44. The number of hydrogen-bond donors (Lipinski definition) is 2. The maximum atomic E-state index is 12.7. The van der Waals surface area contributed by atoms with E-state index in [1.54, 1.807) is 0 Å². The topological polar surface area (TPSA) is 89.3 Å². The van der Waals surface area contributed by atoms with E-state index < -0.39 is 21.7 Å². The molecule has 0 aliphatic carbocycles. The van der Waals surface area contributed by atoms with E-state index in [1.165, 1.54) is 6.07 Å². The summed E-state index contributed by atoms with van der Waals surface area (Å²) in [7, 11) is -3.63. The highest BCUT2D eigenvalue weighted by Crippen LogP contribution is 2.16. The molecule has 0 spiro atoms. The first-order valence-electron chi connectivity index (χ1n) is 4.53. The molecule has 3 N–H and O–H groups in total. The van der Waals surface area contributed by atoms with Crippen LogP contribution in [0, 0.1) is 5.82 Å². The third kappa shape index (κ3) is 4.68. The molecule has 1 aromatic carbocycles. The smallest absolute Gasteiger partial charge is 0.252 e. The zero-order valence-corrected chi connectivity index (χ0v) is 10.2. The Morgan fingerprint density at radius 2 is 2.12 bits per heavy atom. The molecule has 0 radical (unpaired) electrons. The molecule has 8 heteroatoms. The number of primary sulfonamides is 1. The van der Waals surface area contributed by atoms with Crippen molar-refractivity contribution in [2.45, 2.75) is 0 Å². The zero-order valence-electron chi connectivity index (χ0n) is 8.61. The third-order valence-electron chi connectivity index (χ3n) is 1.85. The average molecular weight is 281 g/mol. The summed E-state index contributed by atoms with van der Waals surface area (Å²) in [5, 5.41) is 7.02. The molecular formula is C9H10ClFN2O3S. The van der Waals surface area contributed by atoms with Crippen LogP contribution in [0.15, 0.2) is 18.2 Å². The molecule has 0 aliphatic heterocycles. The van der Waals surface area contributed by atoms with Gasteiger partial charge in [0.1, 0.15) is 5.82 Å². The summed E-state index contributed by atoms with van der Waals surface area (Å²) in [5.41, 5.74) is 0.0717. The van der Waals surface area contributed by atoms with Crippen molar-refractivity contribution in [3.8, 4) is 0 Å². The maximum absolute atomic E-state index is 12.7. The fourth-order valence-electron chi connectivity index (χ4n) is 1.08. The van der Waals surface area contributed by atoms with Gasteiger partial charge in [0.2, 0.25) is 10.0 Å². The van der Waals surface area contributed by atoms with Gasteiger partial charge in [0.15, 0.2) is 0 Å². The molecule has 0 heterocycles. The van der Waals surface area contributed by atoms with Gasteiger partial charge in [-0.1, -0.05) is 11.6 Å². The van der Waals surface area contributed by atoms with Crippen molar-refractivity contribution >= 4 is 27.5 Å². The van der Waals surface area contributed by atoms with Crippen molar-refractivity contribution in [1.82, 2.24) is 5.32 Å². The van der Waals surface area contributed by atoms with Gasteiger partial charge in [-0.15, -0.1) is 0 Å². The van der Waals surface area contributed by atoms with Crippen molar-refractivity contribution < 1.29 is 17.6 Å². The molecule has 0 unspecified atom stereocenters. The second-order valence-electron chi connectivity index (χ2n) is 3.25. The van der Waals surface area contributed by atoms with E-state index in [0.29, 0.717) is 0 Å². The quantitative estimate of drug-likeness (QED) is 0.841. The summed E-state index contributed by atoms with van der Waals surface area (Å²) in [6.45, 7) is -0.134. The van der Waals surface area contributed by atoms with Crippen LogP contribution in [0.4, 0.5) is 4.39 Å². The summed E-state index contributed by atoms with van der Waals surface area (Å²) < 4.78 is 33.9. The van der Waals surface area contributed by atoms with E-state index in [0.717, 1.165) is 12.1 Å². The predicted molar refractivity (Wildman–Crippen MR) is 61.7 cm³/mol. The number of nitrogens with one attached hydrogen (secondary N) is 1. The second-order valence-corrected chi connectivity index (χ2v) is 5.39. The minimum atomic E-state index is -3.63. The number of hydrogen-bond acceptors (Lipinski definition) is 3. The van der Waals surface area contributed by atoms with Gasteiger partial charge < -0.3 is 5.32 Å². The highest BCUT2D eigenvalue weighted by Gasteiger charge is 2.11. The molecule has 0 aliphatic rings. The normalized spacial score (nSPS) is 11.2. The molecule has 0 saturated heterocycles. The van der Waals surface area contributed by atoms with Gasteiger partial charge >= 0.3 is 0 Å². The Hall–Kier alpha value is -1.18. The standard InChI is InChI=1S/C9H10ClFN2O3S/c10-8-5-6(11)1-2-7(8)9(14)13-3-4-17(12,15)16/h1-2,5H,3-4H2,(H,13,14)(H2,12,15,16). The van der Waals surface area contributed by atoms with E-state index in [2.05, 4.69) is 5.32 Å². The first-order valence-corrected chi connectivity index (χ1v) is 6.62. The van der Waals surface area contributed by atoms with Crippen LogP contribution in [-0.4, -0.2) is 26.6 Å². The minimum absolute atomic E-state index is 0.0434. The van der Waals surface area contributed by atoms with Crippen LogP contribution in [0.1, 0.15) is 10.4 Å². The third-order valence-corrected chi connectivity index (χ3v) is 2.93. The number of carbonyl (C=O) groups excluding carboxylic acids is 1. The van der Waals surface area contributed by atoms with Crippen molar-refractivity contribution in [3.05, 3.63) is 34.6 Å². The van der Waals surface area contributed by atoms with E-state index in [-0.39, 0.29) is 22.9 Å². The van der Waals surface area contributed by atoms with Gasteiger partial charge in [-0.05, 0) is 18.2 Å². The van der Waals surface area contributed by atoms with Crippen LogP contribution in [0.3, 0.4) is 0 Å². The van der Waals surface area contributed by atoms with Crippen molar-refractivity contribution in [2.75, 3.05) is 12.3 Å². The highest BCUT2D eigenvalue weighted by atomic mass is 35.5. The van der Waals surface area contributed by atoms with Crippen LogP contribution >= 0.6 is 11.6 Å². The van der Waals surface area contributed by atoms with E-state index >= 15 is 0 Å². The number of carbonyl (C=O) groups is 1. The monoisotopic (exact) mass is 280 g/mol. The Morgan fingerprint density at radius 3 is 2.65 bits per heavy atom. The summed E-state index contributed by atoms with van der Waals surface area (Å²) in [6, 6.07) is 3.29. The zero-order chi connectivity index (χ0) is 13.1. The molecule has 0 bridgehead atoms. The van der Waals surface area contributed by atoms with Crippen LogP contribution in [0.25, 0.3) is 0 Å². The molecule has 1 rings (SSSR count). The summed E-state index contributed by atoms with van der Waals surface area (Å²) >= 11 is 5.65. The molecule has 0 aromatic heterocycles. The fourth-order valence-corrected chi connectivity index (χ4v) is 1.72. The Bertz CT molecular complexity index is 533. The Balaban J connectivity index is 2.65. The van der Waals surface area contributed by atoms with Gasteiger partial charge in [0.05, 0.1) is 16.3 Å². The van der Waals surface area contributed by atoms with Gasteiger partial charge in [0, 0.05) is 6.54 Å². The first kappa shape index (κ1) is 13.9. The fraction of sp³-hybridized carbons (Fsp3) is 0.222. The number of amides is 1. The Labute approximate surface area is 103 Å². The van der Waals surface area contributed by atoms with Crippen molar-refractivity contribution in [2.24, 2.45) is 5.14 Å². The molecule has 0 fully saturated rings. The minimum Gasteiger partial charge on any atom is -0.351 e. The molecule has 17 heavy (non-hydrogen) atoms. The van der Waals surface area contributed by atoms with Crippen LogP contribution in [0.5, 0.6) is 0 Å². The molecule has 5 nitrogen and oxygen atoms in total. The average Bonchev–Trinajstić information content (AvgIpc) is 2.15. The number of rotatable bonds is 4. The molecule has 0 saturated carbocycles. The number of sulfonamides is 1. The van der Waals surface area contributed by atoms with Gasteiger partial charge in [-0.3, -0.25) is 4.79 Å². The summed E-state index contributed by atoms with van der Waals surface area (Å²) in [4.78, 5) is 11.5. The van der Waals surface area contributed by atoms with Gasteiger partial charge in [0.25, 0.3) is 5.91 Å². The lowest BCUT2D eigenvalue weighted by atomic mass is 10.2. The van der Waals surface area contributed by atoms with Crippen molar-refractivity contribution in [1.29, 1.82) is 0 Å². The molecule has 94 valence electrons. The SMILES string of the molecule is NS(=O)(=O)CCNC(=O)c1ccc(F)cc1Cl.